The Bertz CT molecular complexity index is 1130. The van der Waals surface area contributed by atoms with E-state index in [4.69, 9.17) is 23.2 Å². The van der Waals surface area contributed by atoms with Gasteiger partial charge in [0, 0.05) is 41.9 Å². The van der Waals surface area contributed by atoms with Gasteiger partial charge in [-0.1, -0.05) is 47.5 Å². The summed E-state index contributed by atoms with van der Waals surface area (Å²) in [6, 6.07) is 15.8. The van der Waals surface area contributed by atoms with Gasteiger partial charge in [0.25, 0.3) is 5.91 Å². The maximum absolute atomic E-state index is 13.0. The van der Waals surface area contributed by atoms with Crippen molar-refractivity contribution in [1.82, 2.24) is 10.3 Å². The van der Waals surface area contributed by atoms with Gasteiger partial charge in [-0.05, 0) is 53.8 Å². The summed E-state index contributed by atoms with van der Waals surface area (Å²) in [4.78, 5) is 19.7. The molecular formula is C24H22Cl2N4O. The molecule has 2 heterocycles. The van der Waals surface area contributed by atoms with Crippen LogP contribution in [0.25, 0.3) is 0 Å². The molecule has 2 N–H and O–H groups in total. The molecule has 158 valence electrons. The monoisotopic (exact) mass is 452 g/mol. The van der Waals surface area contributed by atoms with Crippen LogP contribution in [0.1, 0.15) is 27.0 Å². The Hall–Kier alpha value is -2.76. The number of fused-ring (bicyclic) bond motifs is 2. The van der Waals surface area contributed by atoms with Crippen LogP contribution in [0.4, 0.5) is 11.5 Å². The van der Waals surface area contributed by atoms with E-state index in [1.54, 1.807) is 12.3 Å². The highest BCUT2D eigenvalue weighted by Crippen LogP contribution is 2.31. The maximum Gasteiger partial charge on any atom is 0.253 e. The van der Waals surface area contributed by atoms with Crippen LogP contribution in [0.2, 0.25) is 10.0 Å². The Morgan fingerprint density at radius 3 is 2.68 bits per heavy atom. The fourth-order valence-corrected chi connectivity index (χ4v) is 4.72. The number of benzene rings is 2. The van der Waals surface area contributed by atoms with Gasteiger partial charge in [-0.25, -0.2) is 4.98 Å². The van der Waals surface area contributed by atoms with Gasteiger partial charge in [-0.3, -0.25) is 4.79 Å². The number of rotatable bonds is 4. The van der Waals surface area contributed by atoms with Crippen molar-refractivity contribution in [3.63, 3.8) is 0 Å². The number of hydrogen-bond acceptors (Lipinski definition) is 4. The van der Waals surface area contributed by atoms with E-state index in [9.17, 15) is 4.79 Å². The van der Waals surface area contributed by atoms with Crippen LogP contribution in [0.3, 0.4) is 0 Å². The normalized spacial score (nSPS) is 15.2. The van der Waals surface area contributed by atoms with Crippen molar-refractivity contribution in [3.8, 4) is 0 Å². The molecule has 0 spiro atoms. The quantitative estimate of drug-likeness (QED) is 0.601. The van der Waals surface area contributed by atoms with Crippen LogP contribution in [-0.2, 0) is 19.4 Å². The van der Waals surface area contributed by atoms with Gasteiger partial charge in [-0.15, -0.1) is 0 Å². The Kier molecular flexibility index (Phi) is 5.47. The summed E-state index contributed by atoms with van der Waals surface area (Å²) in [6.07, 6.45) is 3.36. The first kappa shape index (κ1) is 20.2. The molecule has 0 saturated heterocycles. The van der Waals surface area contributed by atoms with Crippen LogP contribution >= 0.6 is 23.2 Å². The highest BCUT2D eigenvalue weighted by Gasteiger charge is 2.25. The van der Waals surface area contributed by atoms with Crippen molar-refractivity contribution in [3.05, 3.63) is 87.0 Å². The Morgan fingerprint density at radius 1 is 1.13 bits per heavy atom. The number of aromatic nitrogens is 1. The molecule has 1 aromatic heterocycles. The number of anilines is 2. The molecule has 2 aromatic carbocycles. The molecule has 5 rings (SSSR count). The molecule has 0 atom stereocenters. The van der Waals surface area contributed by atoms with Gasteiger partial charge < -0.3 is 15.5 Å². The fraction of sp³-hybridized carbons (Fsp3) is 0.250. The minimum Gasteiger partial charge on any atom is -0.367 e. The van der Waals surface area contributed by atoms with E-state index in [1.165, 1.54) is 11.1 Å². The van der Waals surface area contributed by atoms with Crippen molar-refractivity contribution < 1.29 is 4.79 Å². The molecular weight excluding hydrogens is 431 g/mol. The third-order valence-corrected chi connectivity index (χ3v) is 6.50. The minimum absolute atomic E-state index is 0.0978. The molecule has 3 aromatic rings. The van der Waals surface area contributed by atoms with Gasteiger partial charge in [0.2, 0.25) is 0 Å². The van der Waals surface area contributed by atoms with Crippen LogP contribution in [0, 0.1) is 0 Å². The van der Waals surface area contributed by atoms with E-state index in [1.807, 2.05) is 30.3 Å². The van der Waals surface area contributed by atoms with Crippen molar-refractivity contribution in [1.29, 1.82) is 0 Å². The number of halogens is 2. The molecule has 31 heavy (non-hydrogen) atoms. The van der Waals surface area contributed by atoms with E-state index in [0.29, 0.717) is 22.2 Å². The lowest BCUT2D eigenvalue weighted by Crippen LogP contribution is -2.37. The summed E-state index contributed by atoms with van der Waals surface area (Å²) in [6.45, 7) is 2.14. The predicted octanol–water partition coefficient (Wildman–Crippen LogP) is 4.72. The van der Waals surface area contributed by atoms with E-state index in [0.717, 1.165) is 43.0 Å². The smallest absolute Gasteiger partial charge is 0.253 e. The van der Waals surface area contributed by atoms with Crippen LogP contribution in [0.15, 0.2) is 54.7 Å². The van der Waals surface area contributed by atoms with Crippen molar-refractivity contribution in [2.75, 3.05) is 23.3 Å². The first-order valence-corrected chi connectivity index (χ1v) is 11.1. The third kappa shape index (κ3) is 4.21. The van der Waals surface area contributed by atoms with Crippen LogP contribution in [-0.4, -0.2) is 30.0 Å². The molecule has 5 nitrogen and oxygen atoms in total. The Labute approximate surface area is 191 Å². The highest BCUT2D eigenvalue weighted by molar-refractivity contribution is 6.33. The fourth-order valence-electron chi connectivity index (χ4n) is 4.35. The lowest BCUT2D eigenvalue weighted by atomic mass is 10.1. The summed E-state index contributed by atoms with van der Waals surface area (Å²) in [5.41, 5.74) is 5.01. The number of amides is 1. The first-order chi connectivity index (χ1) is 15.1. The molecule has 2 aliphatic rings. The topological polar surface area (TPSA) is 57.3 Å². The molecule has 7 heteroatoms. The Morgan fingerprint density at radius 2 is 1.90 bits per heavy atom. The average Bonchev–Trinajstić information content (AvgIpc) is 3.18. The number of nitrogens with one attached hydrogen (secondary N) is 2. The van der Waals surface area contributed by atoms with Crippen molar-refractivity contribution in [2.45, 2.75) is 25.4 Å². The summed E-state index contributed by atoms with van der Waals surface area (Å²) >= 11 is 12.5. The van der Waals surface area contributed by atoms with E-state index in [2.05, 4.69) is 32.7 Å². The van der Waals surface area contributed by atoms with Crippen molar-refractivity contribution >= 4 is 40.6 Å². The molecule has 1 aliphatic carbocycles. The van der Waals surface area contributed by atoms with E-state index < -0.39 is 0 Å². The Balaban J connectivity index is 1.34. The molecule has 1 amide bonds. The van der Waals surface area contributed by atoms with Crippen LogP contribution < -0.4 is 15.5 Å². The minimum atomic E-state index is -0.0978. The second-order valence-corrected chi connectivity index (χ2v) is 8.87. The second kappa shape index (κ2) is 8.40. The number of carbonyl (C=O) groups is 1. The summed E-state index contributed by atoms with van der Waals surface area (Å²) < 4.78 is 0. The molecule has 0 fully saturated rings. The van der Waals surface area contributed by atoms with E-state index >= 15 is 0 Å². The first-order valence-electron chi connectivity index (χ1n) is 10.4. The molecule has 0 unspecified atom stereocenters. The van der Waals surface area contributed by atoms with Gasteiger partial charge in [-0.2, -0.15) is 0 Å². The van der Waals surface area contributed by atoms with Gasteiger partial charge in [0.15, 0.2) is 0 Å². The largest absolute Gasteiger partial charge is 0.367 e. The number of nitrogens with zero attached hydrogens (tertiary/aromatic N) is 2. The lowest BCUT2D eigenvalue weighted by Gasteiger charge is -2.32. The standard InChI is InChI=1S/C24H22Cl2N4O/c25-19-5-6-21(26)18(9-19)14-30-8-7-27-23-22(30)12-17(13-28-23)24(31)29-20-10-15-3-1-2-4-16(15)11-20/h1-6,9,12-13,20H,7-8,10-11,14H2,(H,27,28)(H,29,31). The zero-order valence-electron chi connectivity index (χ0n) is 16.9. The number of hydrogen-bond donors (Lipinski definition) is 2. The second-order valence-electron chi connectivity index (χ2n) is 8.02. The summed E-state index contributed by atoms with van der Waals surface area (Å²) in [5.74, 6) is 0.675. The summed E-state index contributed by atoms with van der Waals surface area (Å²) in [5, 5.41) is 7.81. The van der Waals surface area contributed by atoms with E-state index in [-0.39, 0.29) is 11.9 Å². The SMILES string of the molecule is O=C(NC1Cc2ccccc2C1)c1cnc2c(c1)N(Cc1cc(Cl)ccc1Cl)CCN2. The van der Waals surface area contributed by atoms with Gasteiger partial charge >= 0.3 is 0 Å². The van der Waals surface area contributed by atoms with Crippen molar-refractivity contribution in [2.24, 2.45) is 0 Å². The molecule has 0 bridgehead atoms. The summed E-state index contributed by atoms with van der Waals surface area (Å²) in [7, 11) is 0. The maximum atomic E-state index is 13.0. The van der Waals surface area contributed by atoms with Gasteiger partial charge in [0.05, 0.1) is 11.3 Å². The highest BCUT2D eigenvalue weighted by atomic mass is 35.5. The molecule has 1 aliphatic heterocycles. The molecule has 0 radical (unpaired) electrons. The average molecular weight is 453 g/mol. The predicted molar refractivity (Wildman–Crippen MR) is 125 cm³/mol. The number of carbonyl (C=O) groups excluding carboxylic acids is 1. The zero-order valence-corrected chi connectivity index (χ0v) is 18.4. The third-order valence-electron chi connectivity index (χ3n) is 5.90. The van der Waals surface area contributed by atoms with Crippen LogP contribution in [0.5, 0.6) is 0 Å². The lowest BCUT2D eigenvalue weighted by molar-refractivity contribution is 0.0938. The van der Waals surface area contributed by atoms with Gasteiger partial charge in [0.1, 0.15) is 5.82 Å². The number of pyridine rings is 1. The molecule has 0 saturated carbocycles. The zero-order chi connectivity index (χ0) is 21.4.